The second kappa shape index (κ2) is 12.5. The molecule has 0 saturated carbocycles. The van der Waals surface area contributed by atoms with Crippen molar-refractivity contribution in [2.24, 2.45) is 0 Å². The molecule has 0 unspecified atom stereocenters. The standard InChI is InChI=1S/C50H32N2/c1-2-11-36(12-3-1)50-51-48(32-49(52-50)43-17-8-16-39(30-43)41-25-20-33-10-4-5-13-37(33)28-41)35-23-21-34(22-24-35)44-18-9-19-45-46(44)27-26-42-29-38-14-6-7-15-40(38)31-47(42)45/h1-32H. The minimum atomic E-state index is 0.710. The molecule has 0 aliphatic rings. The predicted molar refractivity (Wildman–Crippen MR) is 219 cm³/mol. The SMILES string of the molecule is c1ccc(-c2nc(-c3ccc(-c4cccc5c4ccc4cc6ccccc6cc45)cc3)cc(-c3cccc(-c4ccc5ccccc5c4)c3)n2)cc1. The van der Waals surface area contributed by atoms with Crippen LogP contribution in [0.1, 0.15) is 0 Å². The number of hydrogen-bond acceptors (Lipinski definition) is 2. The number of aromatic nitrogens is 2. The van der Waals surface area contributed by atoms with Crippen molar-refractivity contribution in [3.8, 4) is 56.2 Å². The Morgan fingerprint density at radius 3 is 1.63 bits per heavy atom. The zero-order valence-corrected chi connectivity index (χ0v) is 28.4. The number of hydrogen-bond donors (Lipinski definition) is 0. The molecule has 2 nitrogen and oxygen atoms in total. The van der Waals surface area contributed by atoms with Crippen LogP contribution in [0.25, 0.3) is 99.2 Å². The number of fused-ring (bicyclic) bond motifs is 5. The predicted octanol–water partition coefficient (Wildman–Crippen LogP) is 13.4. The first-order valence-electron chi connectivity index (χ1n) is 17.7. The van der Waals surface area contributed by atoms with Gasteiger partial charge >= 0.3 is 0 Å². The van der Waals surface area contributed by atoms with E-state index in [9.17, 15) is 0 Å². The molecule has 0 N–H and O–H groups in total. The second-order valence-electron chi connectivity index (χ2n) is 13.4. The lowest BCUT2D eigenvalue weighted by Crippen LogP contribution is -1.96. The molecule has 0 aliphatic carbocycles. The highest BCUT2D eigenvalue weighted by Gasteiger charge is 2.13. The highest BCUT2D eigenvalue weighted by molar-refractivity contribution is 6.15. The van der Waals surface area contributed by atoms with Gasteiger partial charge in [0.1, 0.15) is 0 Å². The van der Waals surface area contributed by atoms with Gasteiger partial charge in [-0.1, -0.05) is 164 Å². The molecule has 1 aromatic heterocycles. The largest absolute Gasteiger partial charge is 0.228 e. The van der Waals surface area contributed by atoms with Crippen molar-refractivity contribution in [3.05, 3.63) is 194 Å². The molecule has 0 atom stereocenters. The van der Waals surface area contributed by atoms with Gasteiger partial charge in [0.15, 0.2) is 5.82 Å². The zero-order chi connectivity index (χ0) is 34.4. The normalized spacial score (nSPS) is 11.5. The fraction of sp³-hybridized carbons (Fsp3) is 0. The molecule has 52 heavy (non-hydrogen) atoms. The Bertz CT molecular complexity index is 2940. The molecule has 9 aromatic carbocycles. The lowest BCUT2D eigenvalue weighted by Gasteiger charge is -2.13. The summed E-state index contributed by atoms with van der Waals surface area (Å²) >= 11 is 0. The molecule has 0 amide bonds. The Kier molecular flexibility index (Phi) is 7.18. The first-order chi connectivity index (χ1) is 25.7. The highest BCUT2D eigenvalue weighted by Crippen LogP contribution is 2.37. The van der Waals surface area contributed by atoms with Crippen LogP contribution in [0.2, 0.25) is 0 Å². The molecule has 0 fully saturated rings. The van der Waals surface area contributed by atoms with E-state index in [-0.39, 0.29) is 0 Å². The third kappa shape index (κ3) is 5.39. The van der Waals surface area contributed by atoms with E-state index in [1.54, 1.807) is 0 Å². The van der Waals surface area contributed by atoms with Gasteiger partial charge in [-0.05, 0) is 95.7 Å². The molecule has 10 aromatic rings. The highest BCUT2D eigenvalue weighted by atomic mass is 14.9. The molecule has 0 bridgehead atoms. The molecular weight excluding hydrogens is 629 g/mol. The number of benzene rings is 9. The van der Waals surface area contributed by atoms with Crippen LogP contribution < -0.4 is 0 Å². The van der Waals surface area contributed by atoms with Crippen LogP contribution in [0.4, 0.5) is 0 Å². The van der Waals surface area contributed by atoms with Crippen LogP contribution >= 0.6 is 0 Å². The molecule has 2 heteroatoms. The van der Waals surface area contributed by atoms with E-state index in [1.807, 2.05) is 18.2 Å². The van der Waals surface area contributed by atoms with Crippen LogP contribution in [0.15, 0.2) is 194 Å². The third-order valence-electron chi connectivity index (χ3n) is 10.2. The van der Waals surface area contributed by atoms with Crippen LogP contribution in [0.5, 0.6) is 0 Å². The molecule has 0 aliphatic heterocycles. The van der Waals surface area contributed by atoms with Crippen LogP contribution in [-0.2, 0) is 0 Å². The van der Waals surface area contributed by atoms with Gasteiger partial charge < -0.3 is 0 Å². The summed E-state index contributed by atoms with van der Waals surface area (Å²) in [4.78, 5) is 10.2. The topological polar surface area (TPSA) is 25.8 Å². The molecule has 0 spiro atoms. The summed E-state index contributed by atoms with van der Waals surface area (Å²) in [6, 6.07) is 69.4. The van der Waals surface area contributed by atoms with Crippen molar-refractivity contribution in [1.29, 1.82) is 0 Å². The fourth-order valence-corrected chi connectivity index (χ4v) is 7.54. The summed E-state index contributed by atoms with van der Waals surface area (Å²) in [5, 5.41) is 10.1. The molecular formula is C50H32N2. The average Bonchev–Trinajstić information content (AvgIpc) is 3.23. The van der Waals surface area contributed by atoms with Crippen LogP contribution in [0.3, 0.4) is 0 Å². The summed E-state index contributed by atoms with van der Waals surface area (Å²) in [7, 11) is 0. The monoisotopic (exact) mass is 660 g/mol. The van der Waals surface area contributed by atoms with Gasteiger partial charge in [-0.3, -0.25) is 0 Å². The van der Waals surface area contributed by atoms with E-state index < -0.39 is 0 Å². The quantitative estimate of drug-likeness (QED) is 0.136. The Morgan fingerprint density at radius 2 is 0.827 bits per heavy atom. The van der Waals surface area contributed by atoms with E-state index in [2.05, 4.69) is 176 Å². The summed E-state index contributed by atoms with van der Waals surface area (Å²) in [6.07, 6.45) is 0. The Labute approximate surface area is 302 Å². The van der Waals surface area contributed by atoms with Gasteiger partial charge in [0.25, 0.3) is 0 Å². The zero-order valence-electron chi connectivity index (χ0n) is 28.4. The number of nitrogens with zero attached hydrogens (tertiary/aromatic N) is 2. The Morgan fingerprint density at radius 1 is 0.250 bits per heavy atom. The van der Waals surface area contributed by atoms with E-state index >= 15 is 0 Å². The Hall–Kier alpha value is -6.90. The average molecular weight is 661 g/mol. The molecule has 1 heterocycles. The van der Waals surface area contributed by atoms with Gasteiger partial charge in [-0.15, -0.1) is 0 Å². The molecule has 0 saturated heterocycles. The van der Waals surface area contributed by atoms with E-state index in [4.69, 9.17) is 9.97 Å². The van der Waals surface area contributed by atoms with Gasteiger partial charge in [-0.2, -0.15) is 0 Å². The fourth-order valence-electron chi connectivity index (χ4n) is 7.54. The van der Waals surface area contributed by atoms with Crippen molar-refractivity contribution in [3.63, 3.8) is 0 Å². The third-order valence-corrected chi connectivity index (χ3v) is 10.2. The number of rotatable bonds is 5. The van der Waals surface area contributed by atoms with Crippen molar-refractivity contribution < 1.29 is 0 Å². The van der Waals surface area contributed by atoms with Crippen molar-refractivity contribution >= 4 is 43.1 Å². The maximum atomic E-state index is 5.12. The minimum Gasteiger partial charge on any atom is -0.228 e. The smallest absolute Gasteiger partial charge is 0.160 e. The van der Waals surface area contributed by atoms with E-state index in [1.165, 1.54) is 59.8 Å². The first-order valence-corrected chi connectivity index (χ1v) is 17.7. The van der Waals surface area contributed by atoms with Gasteiger partial charge in [-0.25, -0.2) is 9.97 Å². The van der Waals surface area contributed by atoms with Gasteiger partial charge in [0.2, 0.25) is 0 Å². The molecule has 242 valence electrons. The van der Waals surface area contributed by atoms with E-state index in [0.29, 0.717) is 5.82 Å². The summed E-state index contributed by atoms with van der Waals surface area (Å²) < 4.78 is 0. The van der Waals surface area contributed by atoms with Gasteiger partial charge in [0, 0.05) is 16.7 Å². The lowest BCUT2D eigenvalue weighted by molar-refractivity contribution is 1.18. The van der Waals surface area contributed by atoms with Crippen molar-refractivity contribution in [1.82, 2.24) is 9.97 Å². The second-order valence-corrected chi connectivity index (χ2v) is 13.4. The summed E-state index contributed by atoms with van der Waals surface area (Å²) in [5.41, 5.74) is 9.61. The molecule has 0 radical (unpaired) electrons. The van der Waals surface area contributed by atoms with Crippen LogP contribution in [-0.4, -0.2) is 9.97 Å². The van der Waals surface area contributed by atoms with Gasteiger partial charge in [0.05, 0.1) is 11.4 Å². The maximum Gasteiger partial charge on any atom is 0.160 e. The lowest BCUT2D eigenvalue weighted by atomic mass is 9.93. The maximum absolute atomic E-state index is 5.12. The van der Waals surface area contributed by atoms with E-state index in [0.717, 1.165) is 33.6 Å². The molecule has 10 rings (SSSR count). The summed E-state index contributed by atoms with van der Waals surface area (Å²) in [6.45, 7) is 0. The summed E-state index contributed by atoms with van der Waals surface area (Å²) in [5.74, 6) is 0.710. The Balaban J connectivity index is 1.05. The van der Waals surface area contributed by atoms with Crippen molar-refractivity contribution in [2.75, 3.05) is 0 Å². The minimum absolute atomic E-state index is 0.710. The van der Waals surface area contributed by atoms with Crippen LogP contribution in [0, 0.1) is 0 Å². The van der Waals surface area contributed by atoms with Crippen molar-refractivity contribution in [2.45, 2.75) is 0 Å². The first kappa shape index (κ1) is 30.0.